The second-order valence-electron chi connectivity index (χ2n) is 5.65. The third-order valence-electron chi connectivity index (χ3n) is 4.11. The minimum Gasteiger partial charge on any atom is -0.461 e. The van der Waals surface area contributed by atoms with Crippen LogP contribution in [0.25, 0.3) is 21.8 Å². The maximum atomic E-state index is 12.1. The van der Waals surface area contributed by atoms with Gasteiger partial charge in [-0.15, -0.1) is 0 Å². The normalized spacial score (nSPS) is 11.1. The molecule has 5 nitrogen and oxygen atoms in total. The zero-order valence-electron chi connectivity index (χ0n) is 13.9. The fourth-order valence-electron chi connectivity index (χ4n) is 3.04. The largest absolute Gasteiger partial charge is 0.461 e. The Morgan fingerprint density at radius 3 is 2.75 bits per heavy atom. The van der Waals surface area contributed by atoms with Gasteiger partial charge in [-0.3, -0.25) is 4.79 Å². The SMILES string of the molecule is CCCCn1c2ccccc2c2cc(C(=O)OCC)nc(C=O)c21. The molecular weight excluding hydrogens is 304 g/mol. The van der Waals surface area contributed by atoms with E-state index in [0.717, 1.165) is 41.2 Å². The van der Waals surface area contributed by atoms with E-state index in [-0.39, 0.29) is 18.0 Å². The maximum Gasteiger partial charge on any atom is 0.356 e. The molecule has 0 aliphatic heterocycles. The number of fused-ring (bicyclic) bond motifs is 3. The predicted octanol–water partition coefficient (Wildman–Crippen LogP) is 3.98. The Hall–Kier alpha value is -2.69. The lowest BCUT2D eigenvalue weighted by molar-refractivity contribution is 0.0519. The van der Waals surface area contributed by atoms with E-state index in [2.05, 4.69) is 16.5 Å². The molecule has 3 aromatic rings. The topological polar surface area (TPSA) is 61.2 Å². The molecule has 2 heterocycles. The molecule has 0 unspecified atom stereocenters. The van der Waals surface area contributed by atoms with Crippen LogP contribution in [0.1, 0.15) is 47.7 Å². The van der Waals surface area contributed by atoms with Crippen molar-refractivity contribution in [2.24, 2.45) is 0 Å². The quantitative estimate of drug-likeness (QED) is 0.508. The highest BCUT2D eigenvalue weighted by Crippen LogP contribution is 2.31. The van der Waals surface area contributed by atoms with Crippen molar-refractivity contribution in [3.05, 3.63) is 41.7 Å². The zero-order chi connectivity index (χ0) is 17.1. The van der Waals surface area contributed by atoms with E-state index in [0.29, 0.717) is 6.29 Å². The van der Waals surface area contributed by atoms with Crippen LogP contribution in [-0.4, -0.2) is 28.4 Å². The highest BCUT2D eigenvalue weighted by atomic mass is 16.5. The Morgan fingerprint density at radius 1 is 1.25 bits per heavy atom. The van der Waals surface area contributed by atoms with Crippen molar-refractivity contribution in [2.45, 2.75) is 33.2 Å². The number of hydrogen-bond acceptors (Lipinski definition) is 4. The minimum atomic E-state index is -0.507. The van der Waals surface area contributed by atoms with E-state index in [1.807, 2.05) is 24.3 Å². The summed E-state index contributed by atoms with van der Waals surface area (Å²) in [5.41, 5.74) is 2.28. The van der Waals surface area contributed by atoms with Gasteiger partial charge in [0.05, 0.1) is 12.1 Å². The number of aldehydes is 1. The number of esters is 1. The summed E-state index contributed by atoms with van der Waals surface area (Å²) in [5, 5.41) is 1.88. The molecule has 0 aliphatic rings. The number of carbonyl (C=O) groups is 2. The van der Waals surface area contributed by atoms with Gasteiger partial charge in [0, 0.05) is 22.8 Å². The summed E-state index contributed by atoms with van der Waals surface area (Å²) < 4.78 is 7.16. The Kier molecular flexibility index (Phi) is 4.60. The predicted molar refractivity (Wildman–Crippen MR) is 93.5 cm³/mol. The molecule has 3 rings (SSSR count). The van der Waals surface area contributed by atoms with Crippen LogP contribution in [0.5, 0.6) is 0 Å². The van der Waals surface area contributed by atoms with Gasteiger partial charge in [-0.05, 0) is 25.5 Å². The Balaban J connectivity index is 2.33. The molecule has 0 fully saturated rings. The van der Waals surface area contributed by atoms with Crippen LogP contribution in [0, 0.1) is 0 Å². The number of aromatic nitrogens is 2. The van der Waals surface area contributed by atoms with Crippen molar-refractivity contribution in [1.82, 2.24) is 9.55 Å². The van der Waals surface area contributed by atoms with Crippen LogP contribution in [0.15, 0.2) is 30.3 Å². The number of aryl methyl sites for hydroxylation is 1. The summed E-state index contributed by atoms with van der Waals surface area (Å²) in [7, 11) is 0. The van der Waals surface area contributed by atoms with Gasteiger partial charge in [0.15, 0.2) is 6.29 Å². The van der Waals surface area contributed by atoms with Crippen LogP contribution in [0.3, 0.4) is 0 Å². The maximum absolute atomic E-state index is 12.1. The zero-order valence-corrected chi connectivity index (χ0v) is 13.9. The summed E-state index contributed by atoms with van der Waals surface area (Å²) in [6.45, 7) is 4.95. The van der Waals surface area contributed by atoms with Crippen LogP contribution >= 0.6 is 0 Å². The van der Waals surface area contributed by atoms with Gasteiger partial charge in [0.25, 0.3) is 0 Å². The summed E-state index contributed by atoms with van der Waals surface area (Å²) >= 11 is 0. The van der Waals surface area contributed by atoms with E-state index < -0.39 is 5.97 Å². The average molecular weight is 324 g/mol. The Bertz CT molecular complexity index is 912. The Labute approximate surface area is 140 Å². The van der Waals surface area contributed by atoms with Crippen molar-refractivity contribution in [3.63, 3.8) is 0 Å². The second kappa shape index (κ2) is 6.83. The standard InChI is InChI=1S/C19H20N2O3/c1-3-5-10-21-17-9-7-6-8-13(17)14-11-15(19(23)24-4-2)20-16(12-22)18(14)21/h6-9,11-12H,3-5,10H2,1-2H3. The number of ether oxygens (including phenoxy) is 1. The third-order valence-corrected chi connectivity index (χ3v) is 4.11. The average Bonchev–Trinajstić information content (AvgIpc) is 2.93. The van der Waals surface area contributed by atoms with E-state index in [9.17, 15) is 9.59 Å². The number of para-hydroxylation sites is 1. The number of hydrogen-bond donors (Lipinski definition) is 0. The van der Waals surface area contributed by atoms with E-state index >= 15 is 0 Å². The van der Waals surface area contributed by atoms with Crippen molar-refractivity contribution in [1.29, 1.82) is 0 Å². The smallest absolute Gasteiger partial charge is 0.356 e. The summed E-state index contributed by atoms with van der Waals surface area (Å²) in [6.07, 6.45) is 2.77. The van der Waals surface area contributed by atoms with Crippen LogP contribution in [0.2, 0.25) is 0 Å². The molecule has 0 radical (unpaired) electrons. The molecule has 0 spiro atoms. The van der Waals surface area contributed by atoms with Crippen LogP contribution in [0.4, 0.5) is 0 Å². The van der Waals surface area contributed by atoms with Gasteiger partial charge < -0.3 is 9.30 Å². The number of benzene rings is 1. The van der Waals surface area contributed by atoms with Crippen LogP contribution < -0.4 is 0 Å². The molecule has 0 saturated heterocycles. The lowest BCUT2D eigenvalue weighted by Gasteiger charge is -2.08. The van der Waals surface area contributed by atoms with Gasteiger partial charge in [-0.25, -0.2) is 9.78 Å². The van der Waals surface area contributed by atoms with E-state index in [4.69, 9.17) is 4.74 Å². The summed E-state index contributed by atoms with van der Waals surface area (Å²) in [5.74, 6) is -0.507. The number of rotatable bonds is 6. The first-order valence-electron chi connectivity index (χ1n) is 8.25. The molecule has 0 N–H and O–H groups in total. The molecule has 0 saturated carbocycles. The second-order valence-corrected chi connectivity index (χ2v) is 5.65. The molecule has 1 aromatic carbocycles. The number of pyridine rings is 1. The molecule has 2 aromatic heterocycles. The highest BCUT2D eigenvalue weighted by Gasteiger charge is 2.19. The van der Waals surface area contributed by atoms with Crippen molar-refractivity contribution >= 4 is 34.1 Å². The first kappa shape index (κ1) is 16.2. The lowest BCUT2D eigenvalue weighted by atomic mass is 10.1. The third kappa shape index (κ3) is 2.66. The van der Waals surface area contributed by atoms with E-state index in [1.54, 1.807) is 13.0 Å². The minimum absolute atomic E-state index is 0.171. The fraction of sp³-hybridized carbons (Fsp3) is 0.316. The molecular formula is C19H20N2O3. The first-order valence-corrected chi connectivity index (χ1v) is 8.25. The number of carbonyl (C=O) groups excluding carboxylic acids is 2. The molecule has 24 heavy (non-hydrogen) atoms. The summed E-state index contributed by atoms with van der Waals surface area (Å²) in [6, 6.07) is 9.69. The summed E-state index contributed by atoms with van der Waals surface area (Å²) in [4.78, 5) is 27.9. The highest BCUT2D eigenvalue weighted by molar-refractivity contribution is 6.13. The van der Waals surface area contributed by atoms with Gasteiger partial charge in [-0.2, -0.15) is 0 Å². The van der Waals surface area contributed by atoms with Crippen molar-refractivity contribution in [2.75, 3.05) is 6.61 Å². The molecule has 0 amide bonds. The van der Waals surface area contributed by atoms with Gasteiger partial charge >= 0.3 is 5.97 Å². The molecule has 0 atom stereocenters. The first-order chi connectivity index (χ1) is 11.7. The van der Waals surface area contributed by atoms with Crippen molar-refractivity contribution < 1.29 is 14.3 Å². The number of nitrogens with zero attached hydrogens (tertiary/aromatic N) is 2. The molecule has 5 heteroatoms. The number of unbranched alkanes of at least 4 members (excludes halogenated alkanes) is 1. The Morgan fingerprint density at radius 2 is 2.04 bits per heavy atom. The fourth-order valence-corrected chi connectivity index (χ4v) is 3.04. The van der Waals surface area contributed by atoms with Gasteiger partial charge in [0.1, 0.15) is 11.4 Å². The van der Waals surface area contributed by atoms with Crippen LogP contribution in [-0.2, 0) is 11.3 Å². The van der Waals surface area contributed by atoms with Crippen molar-refractivity contribution in [3.8, 4) is 0 Å². The van der Waals surface area contributed by atoms with Gasteiger partial charge in [-0.1, -0.05) is 31.5 Å². The molecule has 124 valence electrons. The van der Waals surface area contributed by atoms with Gasteiger partial charge in [0.2, 0.25) is 0 Å². The molecule has 0 bridgehead atoms. The molecule has 0 aliphatic carbocycles. The monoisotopic (exact) mass is 324 g/mol. The lowest BCUT2D eigenvalue weighted by Crippen LogP contribution is -2.09. The van der Waals surface area contributed by atoms with E-state index in [1.165, 1.54) is 0 Å².